The lowest BCUT2D eigenvalue weighted by Crippen LogP contribution is -1.91. The van der Waals surface area contributed by atoms with Crippen molar-refractivity contribution in [3.63, 3.8) is 0 Å². The van der Waals surface area contributed by atoms with E-state index in [0.29, 0.717) is 6.61 Å². The fraction of sp³-hybridized carbons (Fsp3) is 0.308. The van der Waals surface area contributed by atoms with Crippen molar-refractivity contribution < 1.29 is 4.74 Å². The monoisotopic (exact) mass is 231 g/mol. The van der Waals surface area contributed by atoms with E-state index in [0.717, 1.165) is 28.6 Å². The molecule has 2 rings (SSSR count). The van der Waals surface area contributed by atoms with Crippen LogP contribution in [0.15, 0.2) is 24.3 Å². The van der Waals surface area contributed by atoms with Gasteiger partial charge in [-0.25, -0.2) is 4.98 Å². The molecule has 90 valence electrons. The molecule has 2 aromatic rings. The Hall–Kier alpha value is -1.97. The van der Waals surface area contributed by atoms with E-state index in [4.69, 9.17) is 4.74 Å². The minimum atomic E-state index is 0.685. The number of hydrogen-bond donors (Lipinski definition) is 2. The van der Waals surface area contributed by atoms with Gasteiger partial charge in [0.1, 0.15) is 5.75 Å². The number of nitrogens with zero attached hydrogens (tertiary/aromatic N) is 1. The van der Waals surface area contributed by atoms with E-state index in [2.05, 4.69) is 15.3 Å². The molecule has 1 aromatic carbocycles. The molecule has 0 spiro atoms. The Kier molecular flexibility index (Phi) is 3.32. The third-order valence-corrected chi connectivity index (χ3v) is 2.56. The molecule has 0 radical (unpaired) electrons. The van der Waals surface area contributed by atoms with Crippen LogP contribution in [0.3, 0.4) is 0 Å². The van der Waals surface area contributed by atoms with E-state index in [-0.39, 0.29) is 0 Å². The van der Waals surface area contributed by atoms with E-state index in [9.17, 15) is 0 Å². The van der Waals surface area contributed by atoms with Crippen LogP contribution in [0.25, 0.3) is 11.3 Å². The van der Waals surface area contributed by atoms with Gasteiger partial charge < -0.3 is 15.0 Å². The third kappa shape index (κ3) is 2.41. The highest BCUT2D eigenvalue weighted by atomic mass is 16.5. The fourth-order valence-corrected chi connectivity index (χ4v) is 1.74. The number of aromatic amines is 1. The van der Waals surface area contributed by atoms with Crippen LogP contribution in [0, 0.1) is 6.92 Å². The maximum absolute atomic E-state index is 5.41. The van der Waals surface area contributed by atoms with Gasteiger partial charge in [-0.1, -0.05) is 0 Å². The summed E-state index contributed by atoms with van der Waals surface area (Å²) in [5.74, 6) is 1.67. The molecule has 0 atom stereocenters. The van der Waals surface area contributed by atoms with Gasteiger partial charge in [-0.2, -0.15) is 0 Å². The first-order chi connectivity index (χ1) is 8.24. The number of nitrogens with one attached hydrogen (secondary N) is 2. The first-order valence-corrected chi connectivity index (χ1v) is 5.72. The highest BCUT2D eigenvalue weighted by Crippen LogP contribution is 2.24. The standard InChI is InChI=1S/C13H17N3O/c1-4-17-11-7-5-10(6-8-11)12-9(2)15-13(14-3)16-12/h5-8H,4H2,1-3H3,(H2,14,15,16). The van der Waals surface area contributed by atoms with E-state index < -0.39 is 0 Å². The van der Waals surface area contributed by atoms with Crippen LogP contribution in [0.4, 0.5) is 5.95 Å². The molecule has 17 heavy (non-hydrogen) atoms. The summed E-state index contributed by atoms with van der Waals surface area (Å²) in [6.07, 6.45) is 0. The number of anilines is 1. The number of aromatic nitrogens is 2. The Morgan fingerprint density at radius 3 is 2.53 bits per heavy atom. The van der Waals surface area contributed by atoms with Crippen LogP contribution in [-0.2, 0) is 0 Å². The molecule has 0 saturated heterocycles. The molecule has 1 heterocycles. The molecule has 0 amide bonds. The van der Waals surface area contributed by atoms with Gasteiger partial charge in [0.2, 0.25) is 5.95 Å². The van der Waals surface area contributed by atoms with Crippen molar-refractivity contribution in [3.8, 4) is 17.0 Å². The van der Waals surface area contributed by atoms with Gasteiger partial charge in [-0.3, -0.25) is 0 Å². The van der Waals surface area contributed by atoms with Gasteiger partial charge in [-0.05, 0) is 38.1 Å². The van der Waals surface area contributed by atoms with Crippen molar-refractivity contribution in [1.29, 1.82) is 0 Å². The summed E-state index contributed by atoms with van der Waals surface area (Å²) in [5, 5.41) is 3.00. The van der Waals surface area contributed by atoms with Crippen LogP contribution < -0.4 is 10.1 Å². The topological polar surface area (TPSA) is 49.9 Å². The molecule has 4 nitrogen and oxygen atoms in total. The van der Waals surface area contributed by atoms with Gasteiger partial charge in [0.05, 0.1) is 12.3 Å². The second-order valence-electron chi connectivity index (χ2n) is 3.77. The molecular weight excluding hydrogens is 214 g/mol. The van der Waals surface area contributed by atoms with E-state index in [1.165, 1.54) is 0 Å². The molecule has 0 aliphatic rings. The van der Waals surface area contributed by atoms with Crippen LogP contribution in [0.1, 0.15) is 12.6 Å². The second-order valence-corrected chi connectivity index (χ2v) is 3.77. The van der Waals surface area contributed by atoms with Gasteiger partial charge in [0, 0.05) is 18.3 Å². The second kappa shape index (κ2) is 4.91. The highest BCUT2D eigenvalue weighted by Gasteiger charge is 2.07. The summed E-state index contributed by atoms with van der Waals surface area (Å²) in [6.45, 7) is 4.68. The van der Waals surface area contributed by atoms with E-state index in [1.807, 2.05) is 45.2 Å². The lowest BCUT2D eigenvalue weighted by atomic mass is 10.1. The summed E-state index contributed by atoms with van der Waals surface area (Å²) in [5.41, 5.74) is 3.11. The summed E-state index contributed by atoms with van der Waals surface area (Å²) >= 11 is 0. The largest absolute Gasteiger partial charge is 0.494 e. The van der Waals surface area contributed by atoms with Crippen molar-refractivity contribution in [2.75, 3.05) is 19.0 Å². The summed E-state index contributed by atoms with van der Waals surface area (Å²) in [4.78, 5) is 7.65. The molecule has 0 aliphatic heterocycles. The predicted octanol–water partition coefficient (Wildman–Crippen LogP) is 2.83. The smallest absolute Gasteiger partial charge is 0.200 e. The van der Waals surface area contributed by atoms with Crippen LogP contribution in [0.2, 0.25) is 0 Å². The molecule has 0 unspecified atom stereocenters. The Bertz CT molecular complexity index is 488. The Morgan fingerprint density at radius 1 is 1.29 bits per heavy atom. The Balaban J connectivity index is 2.29. The number of ether oxygens (including phenoxy) is 1. The highest BCUT2D eigenvalue weighted by molar-refractivity contribution is 5.64. The first kappa shape index (κ1) is 11.5. The van der Waals surface area contributed by atoms with Crippen molar-refractivity contribution in [2.45, 2.75) is 13.8 Å². The number of H-pyrrole nitrogens is 1. The quantitative estimate of drug-likeness (QED) is 0.850. The minimum absolute atomic E-state index is 0.685. The maximum atomic E-state index is 5.41. The molecule has 0 bridgehead atoms. The summed E-state index contributed by atoms with van der Waals surface area (Å²) in [6, 6.07) is 7.97. The number of hydrogen-bond acceptors (Lipinski definition) is 3. The number of aryl methyl sites for hydroxylation is 1. The summed E-state index contributed by atoms with van der Waals surface area (Å²) < 4.78 is 5.41. The van der Waals surface area contributed by atoms with Crippen molar-refractivity contribution in [1.82, 2.24) is 9.97 Å². The average molecular weight is 231 g/mol. The van der Waals surface area contributed by atoms with Crippen molar-refractivity contribution >= 4 is 5.95 Å². The zero-order valence-corrected chi connectivity index (χ0v) is 10.4. The van der Waals surface area contributed by atoms with Crippen molar-refractivity contribution in [3.05, 3.63) is 30.0 Å². The van der Waals surface area contributed by atoms with E-state index in [1.54, 1.807) is 0 Å². The third-order valence-electron chi connectivity index (χ3n) is 2.56. The Morgan fingerprint density at radius 2 is 2.00 bits per heavy atom. The molecule has 2 N–H and O–H groups in total. The van der Waals surface area contributed by atoms with Gasteiger partial charge >= 0.3 is 0 Å². The molecular formula is C13H17N3O. The number of rotatable bonds is 4. The lowest BCUT2D eigenvalue weighted by Gasteiger charge is -2.03. The molecule has 0 saturated carbocycles. The van der Waals surface area contributed by atoms with Crippen LogP contribution in [-0.4, -0.2) is 23.6 Å². The van der Waals surface area contributed by atoms with Crippen molar-refractivity contribution in [2.24, 2.45) is 0 Å². The maximum Gasteiger partial charge on any atom is 0.200 e. The van der Waals surface area contributed by atoms with Gasteiger partial charge in [0.25, 0.3) is 0 Å². The predicted molar refractivity (Wildman–Crippen MR) is 69.5 cm³/mol. The Labute approximate surface area is 101 Å². The SMILES string of the molecule is CCOc1ccc(-c2nc(NC)[nH]c2C)cc1. The van der Waals surface area contributed by atoms with E-state index >= 15 is 0 Å². The zero-order chi connectivity index (χ0) is 12.3. The average Bonchev–Trinajstić information content (AvgIpc) is 2.72. The first-order valence-electron chi connectivity index (χ1n) is 5.72. The number of imidazole rings is 1. The minimum Gasteiger partial charge on any atom is -0.494 e. The zero-order valence-electron chi connectivity index (χ0n) is 10.4. The lowest BCUT2D eigenvalue weighted by molar-refractivity contribution is 0.340. The van der Waals surface area contributed by atoms with Gasteiger partial charge in [0.15, 0.2) is 0 Å². The summed E-state index contributed by atoms with van der Waals surface area (Å²) in [7, 11) is 1.85. The molecule has 0 aliphatic carbocycles. The fourth-order valence-electron chi connectivity index (χ4n) is 1.74. The van der Waals surface area contributed by atoms with Crippen LogP contribution in [0.5, 0.6) is 5.75 Å². The molecule has 1 aromatic heterocycles. The van der Waals surface area contributed by atoms with Crippen LogP contribution >= 0.6 is 0 Å². The normalized spacial score (nSPS) is 10.3. The molecule has 0 fully saturated rings. The van der Waals surface area contributed by atoms with Gasteiger partial charge in [-0.15, -0.1) is 0 Å². The molecule has 4 heteroatoms. The number of benzene rings is 1.